The smallest absolute Gasteiger partial charge is 0.255 e. The zero-order valence-corrected chi connectivity index (χ0v) is 12.5. The number of aromatic hydroxyl groups is 1. The molecule has 2 rings (SSSR count). The summed E-state index contributed by atoms with van der Waals surface area (Å²) in [5.74, 6) is -0.192. The molecule has 6 heteroatoms. The Morgan fingerprint density at radius 1 is 1.42 bits per heavy atom. The van der Waals surface area contributed by atoms with Crippen LogP contribution < -0.4 is 10.1 Å². The zero-order valence-electron chi connectivity index (χ0n) is 10.1. The number of hydrogen-bond donors (Lipinski definition) is 2. The molecule has 0 unspecified atom stereocenters. The summed E-state index contributed by atoms with van der Waals surface area (Å²) in [4.78, 5) is 13.0. The quantitative estimate of drug-likeness (QED) is 0.897. The van der Waals surface area contributed by atoms with Gasteiger partial charge < -0.3 is 15.2 Å². The standard InChI is InChI=1S/C13H12BrNO3S/c1-18-10-4-2-3-9(12(10)16)13(17)15-7-8-5-6-11(14)19-8/h2-6,16H,7H2,1H3,(H,15,17). The van der Waals surface area contributed by atoms with Gasteiger partial charge in [0.15, 0.2) is 11.5 Å². The van der Waals surface area contributed by atoms with Gasteiger partial charge in [0.05, 0.1) is 23.0 Å². The van der Waals surface area contributed by atoms with E-state index < -0.39 is 0 Å². The highest BCUT2D eigenvalue weighted by atomic mass is 79.9. The number of rotatable bonds is 4. The molecule has 0 radical (unpaired) electrons. The lowest BCUT2D eigenvalue weighted by molar-refractivity contribution is 0.0948. The Bertz CT molecular complexity index is 597. The first-order valence-corrected chi connectivity index (χ1v) is 7.11. The van der Waals surface area contributed by atoms with E-state index in [9.17, 15) is 9.90 Å². The number of amides is 1. The molecule has 0 aliphatic rings. The van der Waals surface area contributed by atoms with Crippen LogP contribution >= 0.6 is 27.3 Å². The Balaban J connectivity index is 2.08. The number of para-hydroxylation sites is 1. The SMILES string of the molecule is COc1cccc(C(=O)NCc2ccc(Br)s2)c1O. The Kier molecular flexibility index (Phi) is 4.44. The van der Waals surface area contributed by atoms with Crippen molar-refractivity contribution >= 4 is 33.2 Å². The second kappa shape index (κ2) is 6.08. The summed E-state index contributed by atoms with van der Waals surface area (Å²) < 4.78 is 5.98. The van der Waals surface area contributed by atoms with Crippen molar-refractivity contribution in [2.45, 2.75) is 6.54 Å². The molecule has 1 amide bonds. The fraction of sp³-hybridized carbons (Fsp3) is 0.154. The number of carbonyl (C=O) groups excluding carboxylic acids is 1. The summed E-state index contributed by atoms with van der Waals surface area (Å²) >= 11 is 4.92. The van der Waals surface area contributed by atoms with Crippen LogP contribution in [-0.2, 0) is 6.54 Å². The number of halogens is 1. The molecule has 0 aliphatic heterocycles. The highest BCUT2D eigenvalue weighted by Crippen LogP contribution is 2.29. The molecular formula is C13H12BrNO3S. The van der Waals surface area contributed by atoms with Crippen molar-refractivity contribution in [3.63, 3.8) is 0 Å². The van der Waals surface area contributed by atoms with Crippen LogP contribution in [0.1, 0.15) is 15.2 Å². The van der Waals surface area contributed by atoms with E-state index in [-0.39, 0.29) is 23.0 Å². The van der Waals surface area contributed by atoms with Crippen LogP contribution in [0.4, 0.5) is 0 Å². The molecule has 2 N–H and O–H groups in total. The summed E-state index contributed by atoms with van der Waals surface area (Å²) in [6.45, 7) is 0.422. The highest BCUT2D eigenvalue weighted by molar-refractivity contribution is 9.11. The molecule has 19 heavy (non-hydrogen) atoms. The van der Waals surface area contributed by atoms with E-state index in [4.69, 9.17) is 4.74 Å². The van der Waals surface area contributed by atoms with Crippen LogP contribution in [0.15, 0.2) is 34.1 Å². The Hall–Kier alpha value is -1.53. The molecule has 0 atom stereocenters. The molecular weight excluding hydrogens is 330 g/mol. The van der Waals surface area contributed by atoms with Gasteiger partial charge in [0.25, 0.3) is 5.91 Å². The number of ether oxygens (including phenoxy) is 1. The van der Waals surface area contributed by atoms with Crippen molar-refractivity contribution in [3.05, 3.63) is 44.6 Å². The average molecular weight is 342 g/mol. The molecule has 2 aromatic rings. The van der Waals surface area contributed by atoms with Gasteiger partial charge in [-0.2, -0.15) is 0 Å². The van der Waals surface area contributed by atoms with Crippen LogP contribution in [-0.4, -0.2) is 18.1 Å². The Morgan fingerprint density at radius 2 is 2.21 bits per heavy atom. The number of phenols is 1. The number of hydrogen-bond acceptors (Lipinski definition) is 4. The van der Waals surface area contributed by atoms with Crippen molar-refractivity contribution < 1.29 is 14.6 Å². The van der Waals surface area contributed by atoms with Crippen molar-refractivity contribution in [1.29, 1.82) is 0 Å². The number of nitrogens with one attached hydrogen (secondary N) is 1. The lowest BCUT2D eigenvalue weighted by atomic mass is 10.1. The predicted octanol–water partition coefficient (Wildman–Crippen LogP) is 3.15. The molecule has 1 aromatic heterocycles. The summed E-state index contributed by atoms with van der Waals surface area (Å²) in [6, 6.07) is 8.67. The molecule has 0 saturated carbocycles. The van der Waals surface area contributed by atoms with Gasteiger partial charge in [-0.3, -0.25) is 4.79 Å². The predicted molar refractivity (Wildman–Crippen MR) is 77.8 cm³/mol. The van der Waals surface area contributed by atoms with Crippen molar-refractivity contribution in [1.82, 2.24) is 5.32 Å². The van der Waals surface area contributed by atoms with Gasteiger partial charge in [-0.25, -0.2) is 0 Å². The molecule has 100 valence electrons. The van der Waals surface area contributed by atoms with Gasteiger partial charge >= 0.3 is 0 Å². The first-order valence-electron chi connectivity index (χ1n) is 5.50. The maximum atomic E-state index is 12.0. The topological polar surface area (TPSA) is 58.6 Å². The van der Waals surface area contributed by atoms with Gasteiger partial charge in [-0.05, 0) is 40.2 Å². The molecule has 1 heterocycles. The van der Waals surface area contributed by atoms with Crippen LogP contribution in [0.3, 0.4) is 0 Å². The van der Waals surface area contributed by atoms with Gasteiger partial charge in [0.1, 0.15) is 0 Å². The summed E-state index contributed by atoms with van der Waals surface area (Å²) in [5.41, 5.74) is 0.204. The van der Waals surface area contributed by atoms with Crippen LogP contribution in [0.2, 0.25) is 0 Å². The third-order valence-corrected chi connectivity index (χ3v) is 4.14. The van der Waals surface area contributed by atoms with Crippen molar-refractivity contribution in [2.24, 2.45) is 0 Å². The van der Waals surface area contributed by atoms with E-state index in [0.717, 1.165) is 8.66 Å². The van der Waals surface area contributed by atoms with Crippen molar-refractivity contribution in [3.8, 4) is 11.5 Å². The van der Waals surface area contributed by atoms with Gasteiger partial charge in [0, 0.05) is 4.88 Å². The average Bonchev–Trinajstić information content (AvgIpc) is 2.82. The molecule has 0 fully saturated rings. The first-order chi connectivity index (χ1) is 9.11. The number of benzene rings is 1. The molecule has 4 nitrogen and oxygen atoms in total. The van der Waals surface area contributed by atoms with E-state index in [0.29, 0.717) is 6.54 Å². The van der Waals surface area contributed by atoms with Gasteiger partial charge in [-0.15, -0.1) is 11.3 Å². The molecule has 1 aromatic carbocycles. The fourth-order valence-electron chi connectivity index (χ4n) is 1.58. The van der Waals surface area contributed by atoms with Gasteiger partial charge in [-0.1, -0.05) is 6.07 Å². The minimum absolute atomic E-state index is 0.144. The second-order valence-electron chi connectivity index (χ2n) is 3.74. The van der Waals surface area contributed by atoms with E-state index in [1.165, 1.54) is 7.11 Å². The molecule has 0 aliphatic carbocycles. The highest BCUT2D eigenvalue weighted by Gasteiger charge is 2.14. The van der Waals surface area contributed by atoms with E-state index in [1.807, 2.05) is 12.1 Å². The molecule has 0 bridgehead atoms. The second-order valence-corrected chi connectivity index (χ2v) is 6.29. The summed E-state index contributed by atoms with van der Waals surface area (Å²) in [7, 11) is 1.44. The lowest BCUT2D eigenvalue weighted by Gasteiger charge is -2.08. The Morgan fingerprint density at radius 3 is 2.84 bits per heavy atom. The van der Waals surface area contributed by atoms with E-state index in [1.54, 1.807) is 29.5 Å². The van der Waals surface area contributed by atoms with Crippen molar-refractivity contribution in [2.75, 3.05) is 7.11 Å². The summed E-state index contributed by atoms with van der Waals surface area (Å²) in [5, 5.41) is 12.6. The van der Waals surface area contributed by atoms with E-state index >= 15 is 0 Å². The van der Waals surface area contributed by atoms with Gasteiger partial charge in [0.2, 0.25) is 0 Å². The Labute approximate surface area is 123 Å². The number of methoxy groups -OCH3 is 1. The lowest BCUT2D eigenvalue weighted by Crippen LogP contribution is -2.22. The van der Waals surface area contributed by atoms with Crippen LogP contribution in [0.25, 0.3) is 0 Å². The van der Waals surface area contributed by atoms with Crippen LogP contribution in [0.5, 0.6) is 11.5 Å². The normalized spacial score (nSPS) is 10.2. The minimum atomic E-state index is -0.332. The first kappa shape index (κ1) is 13.9. The fourth-order valence-corrected chi connectivity index (χ4v) is 3.00. The summed E-state index contributed by atoms with van der Waals surface area (Å²) in [6.07, 6.45) is 0. The molecule has 0 saturated heterocycles. The maximum Gasteiger partial charge on any atom is 0.255 e. The third-order valence-electron chi connectivity index (χ3n) is 2.52. The van der Waals surface area contributed by atoms with Crippen LogP contribution in [0, 0.1) is 0 Å². The molecule has 0 spiro atoms. The maximum absolute atomic E-state index is 12.0. The third kappa shape index (κ3) is 3.27. The number of carbonyl (C=O) groups is 1. The number of thiophene rings is 1. The van der Waals surface area contributed by atoms with E-state index in [2.05, 4.69) is 21.2 Å². The largest absolute Gasteiger partial charge is 0.504 e. The minimum Gasteiger partial charge on any atom is -0.504 e. The zero-order chi connectivity index (χ0) is 13.8. The monoisotopic (exact) mass is 341 g/mol. The number of phenolic OH excluding ortho intramolecular Hbond substituents is 1.